The smallest absolute Gasteiger partial charge is 0.231 e. The molecule has 2 aromatic heterocycles. The van der Waals surface area contributed by atoms with E-state index in [9.17, 15) is 4.79 Å². The summed E-state index contributed by atoms with van der Waals surface area (Å²) in [5.41, 5.74) is 1.10. The molecular formula is C16H17N5O2S. The number of carbonyl (C=O) groups is 1. The van der Waals surface area contributed by atoms with Crippen LogP contribution in [0.2, 0.25) is 0 Å². The van der Waals surface area contributed by atoms with Crippen LogP contribution in [0.5, 0.6) is 0 Å². The van der Waals surface area contributed by atoms with Crippen molar-refractivity contribution in [3.63, 3.8) is 0 Å². The molecule has 0 aliphatic carbocycles. The monoisotopic (exact) mass is 343 g/mol. The second kappa shape index (κ2) is 7.78. The van der Waals surface area contributed by atoms with Gasteiger partial charge in [-0.05, 0) is 35.0 Å². The van der Waals surface area contributed by atoms with Crippen molar-refractivity contribution in [1.82, 2.24) is 25.5 Å². The molecule has 1 atom stereocenters. The third kappa shape index (κ3) is 4.23. The second-order valence-corrected chi connectivity index (χ2v) is 6.14. The Morgan fingerprint density at radius 1 is 1.29 bits per heavy atom. The van der Waals surface area contributed by atoms with E-state index in [4.69, 9.17) is 4.42 Å². The van der Waals surface area contributed by atoms with Crippen LogP contribution in [0.15, 0.2) is 58.3 Å². The molecule has 1 amide bonds. The lowest BCUT2D eigenvalue weighted by Crippen LogP contribution is -2.28. The number of amides is 1. The van der Waals surface area contributed by atoms with Gasteiger partial charge in [-0.2, -0.15) is 0 Å². The summed E-state index contributed by atoms with van der Waals surface area (Å²) in [6.07, 6.45) is 1.59. The number of tetrazole rings is 1. The molecule has 8 heteroatoms. The summed E-state index contributed by atoms with van der Waals surface area (Å²) in [5.74, 6) is 0.862. The molecule has 7 nitrogen and oxygen atoms in total. The molecule has 1 unspecified atom stereocenters. The molecule has 1 N–H and O–H groups in total. The molecule has 0 radical (unpaired) electrons. The van der Waals surface area contributed by atoms with Gasteiger partial charge in [0.15, 0.2) is 0 Å². The molecule has 0 saturated heterocycles. The van der Waals surface area contributed by atoms with Gasteiger partial charge in [0.1, 0.15) is 5.76 Å². The molecule has 0 aliphatic heterocycles. The zero-order valence-corrected chi connectivity index (χ0v) is 13.9. The summed E-state index contributed by atoms with van der Waals surface area (Å²) in [7, 11) is 0. The number of benzene rings is 1. The van der Waals surface area contributed by atoms with E-state index in [1.165, 1.54) is 11.8 Å². The highest BCUT2D eigenvalue weighted by molar-refractivity contribution is 7.99. The van der Waals surface area contributed by atoms with E-state index in [0.717, 1.165) is 11.3 Å². The Balaban J connectivity index is 1.53. The summed E-state index contributed by atoms with van der Waals surface area (Å²) >= 11 is 1.30. The Morgan fingerprint density at radius 2 is 2.12 bits per heavy atom. The molecule has 2 heterocycles. The van der Waals surface area contributed by atoms with Gasteiger partial charge in [-0.1, -0.05) is 42.1 Å². The Hall–Kier alpha value is -2.61. The second-order valence-electron chi connectivity index (χ2n) is 5.20. The minimum Gasteiger partial charge on any atom is -0.467 e. The topological polar surface area (TPSA) is 85.8 Å². The number of hydrogen-bond donors (Lipinski definition) is 1. The number of nitrogens with zero attached hydrogens (tertiary/aromatic N) is 4. The van der Waals surface area contributed by atoms with Crippen LogP contribution < -0.4 is 5.32 Å². The molecule has 0 saturated carbocycles. The van der Waals surface area contributed by atoms with Crippen LogP contribution >= 0.6 is 11.8 Å². The highest BCUT2D eigenvalue weighted by Crippen LogP contribution is 2.16. The van der Waals surface area contributed by atoms with E-state index in [1.807, 2.05) is 43.3 Å². The molecule has 124 valence electrons. The molecular weight excluding hydrogens is 326 g/mol. The van der Waals surface area contributed by atoms with Gasteiger partial charge in [0.05, 0.1) is 24.6 Å². The normalized spacial score (nSPS) is 12.0. The summed E-state index contributed by atoms with van der Waals surface area (Å²) in [6, 6.07) is 13.4. The first-order chi connectivity index (χ1) is 11.7. The SMILES string of the molecule is CC(NC(=O)CSc1nnnn1Cc1ccccc1)c1ccco1. The maximum absolute atomic E-state index is 12.1. The largest absolute Gasteiger partial charge is 0.467 e. The van der Waals surface area contributed by atoms with E-state index >= 15 is 0 Å². The molecule has 24 heavy (non-hydrogen) atoms. The van der Waals surface area contributed by atoms with Gasteiger partial charge in [-0.3, -0.25) is 4.79 Å². The van der Waals surface area contributed by atoms with Crippen molar-refractivity contribution in [3.05, 3.63) is 60.1 Å². The van der Waals surface area contributed by atoms with Crippen LogP contribution in [0.25, 0.3) is 0 Å². The lowest BCUT2D eigenvalue weighted by atomic mass is 10.2. The minimum atomic E-state index is -0.173. The molecule has 0 spiro atoms. The number of furan rings is 1. The van der Waals surface area contributed by atoms with Crippen LogP contribution in [-0.2, 0) is 11.3 Å². The fourth-order valence-corrected chi connectivity index (χ4v) is 2.87. The van der Waals surface area contributed by atoms with Crippen molar-refractivity contribution in [1.29, 1.82) is 0 Å². The highest BCUT2D eigenvalue weighted by atomic mass is 32.2. The van der Waals surface area contributed by atoms with Crippen molar-refractivity contribution in [2.45, 2.75) is 24.7 Å². The lowest BCUT2D eigenvalue weighted by molar-refractivity contribution is -0.119. The van der Waals surface area contributed by atoms with E-state index < -0.39 is 0 Å². The van der Waals surface area contributed by atoms with Crippen molar-refractivity contribution in [3.8, 4) is 0 Å². The standard InChI is InChI=1S/C16H17N5O2S/c1-12(14-8-5-9-23-14)17-15(22)11-24-16-18-19-20-21(16)10-13-6-3-2-4-7-13/h2-9,12H,10-11H2,1H3,(H,17,22). The Kier molecular flexibility index (Phi) is 5.27. The number of carbonyl (C=O) groups excluding carboxylic acids is 1. The number of thioether (sulfide) groups is 1. The van der Waals surface area contributed by atoms with Crippen molar-refractivity contribution in [2.24, 2.45) is 0 Å². The van der Waals surface area contributed by atoms with Crippen molar-refractivity contribution < 1.29 is 9.21 Å². The Labute approximate surface area is 143 Å². The van der Waals surface area contributed by atoms with Gasteiger partial charge >= 0.3 is 0 Å². The third-order valence-electron chi connectivity index (χ3n) is 3.35. The van der Waals surface area contributed by atoms with Gasteiger partial charge in [0.25, 0.3) is 0 Å². The maximum Gasteiger partial charge on any atom is 0.231 e. The summed E-state index contributed by atoms with van der Waals surface area (Å²) in [4.78, 5) is 12.1. The van der Waals surface area contributed by atoms with Gasteiger partial charge in [0, 0.05) is 0 Å². The van der Waals surface area contributed by atoms with E-state index in [2.05, 4.69) is 20.8 Å². The first-order valence-electron chi connectivity index (χ1n) is 7.48. The van der Waals surface area contributed by atoms with Crippen LogP contribution in [0.4, 0.5) is 0 Å². The predicted octanol–water partition coefficient (Wildman–Crippen LogP) is 2.28. The zero-order valence-electron chi connectivity index (χ0n) is 13.1. The average Bonchev–Trinajstić information content (AvgIpc) is 3.26. The third-order valence-corrected chi connectivity index (χ3v) is 4.31. The number of aromatic nitrogens is 4. The quantitative estimate of drug-likeness (QED) is 0.663. The molecule has 1 aromatic carbocycles. The number of rotatable bonds is 7. The van der Waals surface area contributed by atoms with Gasteiger partial charge < -0.3 is 9.73 Å². The maximum atomic E-state index is 12.1. The van der Waals surface area contributed by atoms with Gasteiger partial charge in [0.2, 0.25) is 11.1 Å². The van der Waals surface area contributed by atoms with Crippen molar-refractivity contribution in [2.75, 3.05) is 5.75 Å². The van der Waals surface area contributed by atoms with E-state index in [-0.39, 0.29) is 17.7 Å². The highest BCUT2D eigenvalue weighted by Gasteiger charge is 2.14. The van der Waals surface area contributed by atoms with Crippen LogP contribution in [0.3, 0.4) is 0 Å². The van der Waals surface area contributed by atoms with Crippen LogP contribution in [-0.4, -0.2) is 31.9 Å². The summed E-state index contributed by atoms with van der Waals surface area (Å²) in [5, 5.41) is 15.1. The molecule has 3 rings (SSSR count). The number of hydrogen-bond acceptors (Lipinski definition) is 6. The molecule has 0 bridgehead atoms. The molecule has 0 fully saturated rings. The number of nitrogens with one attached hydrogen (secondary N) is 1. The minimum absolute atomic E-state index is 0.0989. The van der Waals surface area contributed by atoms with Gasteiger partial charge in [-0.25, -0.2) is 4.68 Å². The molecule has 3 aromatic rings. The first-order valence-corrected chi connectivity index (χ1v) is 8.46. The lowest BCUT2D eigenvalue weighted by Gasteiger charge is -2.11. The predicted molar refractivity (Wildman–Crippen MR) is 89.4 cm³/mol. The van der Waals surface area contributed by atoms with Crippen LogP contribution in [0, 0.1) is 0 Å². The molecule has 0 aliphatic rings. The zero-order chi connectivity index (χ0) is 16.8. The fourth-order valence-electron chi connectivity index (χ4n) is 2.18. The van der Waals surface area contributed by atoms with E-state index in [1.54, 1.807) is 17.0 Å². The van der Waals surface area contributed by atoms with Crippen molar-refractivity contribution >= 4 is 17.7 Å². The summed E-state index contributed by atoms with van der Waals surface area (Å²) in [6.45, 7) is 2.45. The van der Waals surface area contributed by atoms with E-state index in [0.29, 0.717) is 11.7 Å². The van der Waals surface area contributed by atoms with Crippen LogP contribution in [0.1, 0.15) is 24.3 Å². The fraction of sp³-hybridized carbons (Fsp3) is 0.250. The Bertz CT molecular complexity index is 773. The Morgan fingerprint density at radius 3 is 2.88 bits per heavy atom. The average molecular weight is 343 g/mol. The first kappa shape index (κ1) is 16.3. The summed E-state index contributed by atoms with van der Waals surface area (Å²) < 4.78 is 6.96. The van der Waals surface area contributed by atoms with Gasteiger partial charge in [-0.15, -0.1) is 5.10 Å².